The number of carbonyl (C=O) groups is 1. The van der Waals surface area contributed by atoms with Crippen LogP contribution >= 0.6 is 0 Å². The van der Waals surface area contributed by atoms with Gasteiger partial charge in [-0.05, 0) is 61.8 Å². The summed E-state index contributed by atoms with van der Waals surface area (Å²) in [6.07, 6.45) is 9.43. The van der Waals surface area contributed by atoms with Crippen LogP contribution in [0.2, 0.25) is 0 Å². The van der Waals surface area contributed by atoms with Gasteiger partial charge in [-0.3, -0.25) is 4.90 Å². The molecule has 0 radical (unpaired) electrons. The first kappa shape index (κ1) is 23.8. The molecule has 5 aliphatic carbocycles. The minimum atomic E-state index is -0.810. The maximum absolute atomic E-state index is 13.2. The molecule has 2 aromatic rings. The summed E-state index contributed by atoms with van der Waals surface area (Å²) in [5.41, 5.74) is 2.46. The van der Waals surface area contributed by atoms with E-state index >= 15 is 0 Å². The van der Waals surface area contributed by atoms with E-state index in [2.05, 4.69) is 34.5 Å². The van der Waals surface area contributed by atoms with E-state index in [1.165, 1.54) is 24.0 Å². The molecule has 3 fully saturated rings. The number of nitrogens with zero attached hydrogens (tertiary/aromatic N) is 1. The van der Waals surface area contributed by atoms with Gasteiger partial charge in [0.15, 0.2) is 11.5 Å². The number of ether oxygens (including phenoxy) is 4. The van der Waals surface area contributed by atoms with Crippen LogP contribution in [0.5, 0.6) is 11.5 Å². The summed E-state index contributed by atoms with van der Waals surface area (Å²) in [5.74, 6) is 2.47. The van der Waals surface area contributed by atoms with Crippen molar-refractivity contribution >= 4 is 6.09 Å². The smallest absolute Gasteiger partial charge is 0.407 e. The van der Waals surface area contributed by atoms with Gasteiger partial charge in [-0.2, -0.15) is 0 Å². The van der Waals surface area contributed by atoms with E-state index in [-0.39, 0.29) is 29.6 Å². The first-order chi connectivity index (χ1) is 19.0. The largest absolute Gasteiger partial charge is 0.493 e. The highest BCUT2D eigenvalue weighted by molar-refractivity contribution is 5.70. The SMILES string of the molecule is COc1ccc2c3c1OC1[C@@]4(OC)C=C[C@@]5(CC4NC(=O)OCc4ccccc4)[C@@H](C2)N(CC2CC2)CC[C@]315. The number of methoxy groups -OCH3 is 2. The molecule has 1 saturated heterocycles. The van der Waals surface area contributed by atoms with Crippen LogP contribution in [0.3, 0.4) is 0 Å². The fraction of sp³-hybridized carbons (Fsp3) is 0.531. The van der Waals surface area contributed by atoms with Gasteiger partial charge in [0.25, 0.3) is 0 Å². The number of hydrogen-bond donors (Lipinski definition) is 1. The Balaban J connectivity index is 1.20. The molecule has 2 aromatic carbocycles. The van der Waals surface area contributed by atoms with E-state index in [4.69, 9.17) is 18.9 Å². The first-order valence-corrected chi connectivity index (χ1v) is 14.4. The van der Waals surface area contributed by atoms with Gasteiger partial charge in [-0.15, -0.1) is 0 Å². The Kier molecular flexibility index (Phi) is 5.03. The molecule has 2 heterocycles. The number of amides is 1. The molecular formula is C32H36N2O5. The second-order valence-corrected chi connectivity index (χ2v) is 12.4. The molecule has 7 aliphatic rings. The van der Waals surface area contributed by atoms with Crippen molar-refractivity contribution in [1.29, 1.82) is 0 Å². The third-order valence-electron chi connectivity index (χ3n) is 10.8. The molecule has 6 atom stereocenters. The Bertz CT molecular complexity index is 1360. The van der Waals surface area contributed by atoms with E-state index in [0.717, 1.165) is 55.3 Å². The molecule has 7 nitrogen and oxygen atoms in total. The van der Waals surface area contributed by atoms with Gasteiger partial charge in [0.1, 0.15) is 18.3 Å². The number of fused-ring (bicyclic) bond motifs is 1. The molecule has 39 heavy (non-hydrogen) atoms. The molecule has 2 unspecified atom stereocenters. The number of rotatable bonds is 7. The highest BCUT2D eigenvalue weighted by atomic mass is 16.6. The van der Waals surface area contributed by atoms with Crippen LogP contribution in [-0.4, -0.2) is 62.1 Å². The lowest BCUT2D eigenvalue weighted by Gasteiger charge is -2.71. The summed E-state index contributed by atoms with van der Waals surface area (Å²) in [4.78, 5) is 16.0. The highest BCUT2D eigenvalue weighted by Gasteiger charge is 2.79. The van der Waals surface area contributed by atoms with Gasteiger partial charge < -0.3 is 24.3 Å². The van der Waals surface area contributed by atoms with E-state index in [1.807, 2.05) is 30.3 Å². The third kappa shape index (κ3) is 3.03. The first-order valence-electron chi connectivity index (χ1n) is 14.4. The average molecular weight is 529 g/mol. The highest BCUT2D eigenvalue weighted by Crippen LogP contribution is 2.73. The predicted octanol–water partition coefficient (Wildman–Crippen LogP) is 4.37. The summed E-state index contributed by atoms with van der Waals surface area (Å²) in [6.45, 7) is 2.45. The van der Waals surface area contributed by atoms with Crippen LogP contribution in [0, 0.1) is 11.3 Å². The number of carbonyl (C=O) groups excluding carboxylic acids is 1. The second kappa shape index (κ2) is 8.24. The van der Waals surface area contributed by atoms with Gasteiger partial charge in [0, 0.05) is 30.7 Å². The number of piperidine rings is 1. The van der Waals surface area contributed by atoms with Crippen molar-refractivity contribution < 1.29 is 23.7 Å². The van der Waals surface area contributed by atoms with Crippen molar-refractivity contribution in [2.45, 2.75) is 67.9 Å². The number of nitrogens with one attached hydrogen (secondary N) is 1. The van der Waals surface area contributed by atoms with Crippen LogP contribution in [0.25, 0.3) is 0 Å². The van der Waals surface area contributed by atoms with Crippen molar-refractivity contribution in [3.05, 3.63) is 71.3 Å². The molecule has 4 bridgehead atoms. The van der Waals surface area contributed by atoms with Gasteiger partial charge in [-0.1, -0.05) is 48.6 Å². The molecule has 7 heteroatoms. The van der Waals surface area contributed by atoms with Crippen molar-refractivity contribution in [3.63, 3.8) is 0 Å². The second-order valence-electron chi connectivity index (χ2n) is 12.4. The number of alkyl carbamates (subject to hydrolysis) is 1. The van der Waals surface area contributed by atoms with E-state index < -0.39 is 11.7 Å². The monoisotopic (exact) mass is 528 g/mol. The van der Waals surface area contributed by atoms with Crippen molar-refractivity contribution in [2.24, 2.45) is 11.3 Å². The van der Waals surface area contributed by atoms with Crippen molar-refractivity contribution in [1.82, 2.24) is 10.2 Å². The molecule has 9 rings (SSSR count). The molecular weight excluding hydrogens is 492 g/mol. The Morgan fingerprint density at radius 2 is 1.97 bits per heavy atom. The zero-order chi connectivity index (χ0) is 26.4. The van der Waals surface area contributed by atoms with Crippen LogP contribution in [0.15, 0.2) is 54.6 Å². The topological polar surface area (TPSA) is 69.3 Å². The maximum atomic E-state index is 13.2. The summed E-state index contributed by atoms with van der Waals surface area (Å²) in [7, 11) is 3.46. The lowest BCUT2D eigenvalue weighted by molar-refractivity contribution is -0.201. The number of likely N-dealkylation sites (tertiary alicyclic amines) is 1. The van der Waals surface area contributed by atoms with Gasteiger partial charge in [0.2, 0.25) is 0 Å². The third-order valence-corrected chi connectivity index (χ3v) is 10.8. The number of hydrogen-bond acceptors (Lipinski definition) is 6. The van der Waals surface area contributed by atoms with Gasteiger partial charge in [0.05, 0.1) is 18.6 Å². The molecule has 204 valence electrons. The molecule has 2 aliphatic heterocycles. The lowest BCUT2D eigenvalue weighted by atomic mass is 9.38. The predicted molar refractivity (Wildman–Crippen MR) is 145 cm³/mol. The Hall–Kier alpha value is -3.03. The summed E-state index contributed by atoms with van der Waals surface area (Å²) < 4.78 is 24.9. The van der Waals surface area contributed by atoms with Crippen LogP contribution in [0.1, 0.15) is 42.4 Å². The Morgan fingerprint density at radius 3 is 2.74 bits per heavy atom. The zero-order valence-electron chi connectivity index (χ0n) is 22.7. The minimum Gasteiger partial charge on any atom is -0.493 e. The standard InChI is InChI=1S/C32H36N2O5/c1-36-23-11-10-22-16-25-30-12-13-32(37-2,24(17-30)33-29(35)38-19-21-6-4-3-5-7-21)28-31(30,26(22)27(23)39-28)14-15-34(25)18-20-8-9-20/h3-7,10-13,20,24-25,28H,8-9,14-19H2,1-2H3,(H,33,35)/t24?,25-,28?,30-,31+,32-/m1/s1. The van der Waals surface area contributed by atoms with E-state index in [9.17, 15) is 4.79 Å². The maximum Gasteiger partial charge on any atom is 0.407 e. The molecule has 0 aromatic heterocycles. The van der Waals surface area contributed by atoms with E-state index in [1.54, 1.807) is 14.2 Å². The fourth-order valence-corrected chi connectivity index (χ4v) is 9.00. The summed E-state index contributed by atoms with van der Waals surface area (Å²) in [6, 6.07) is 14.2. The molecule has 2 spiro atoms. The Labute approximate surface area is 229 Å². The van der Waals surface area contributed by atoms with Crippen LogP contribution in [-0.2, 0) is 27.9 Å². The van der Waals surface area contributed by atoms with Gasteiger partial charge in [-0.25, -0.2) is 4.79 Å². The quantitative estimate of drug-likeness (QED) is 0.538. The van der Waals surface area contributed by atoms with Crippen LogP contribution in [0.4, 0.5) is 4.79 Å². The summed E-state index contributed by atoms with van der Waals surface area (Å²) >= 11 is 0. The molecule has 1 N–H and O–H groups in total. The van der Waals surface area contributed by atoms with Crippen molar-refractivity contribution in [3.8, 4) is 11.5 Å². The van der Waals surface area contributed by atoms with E-state index in [0.29, 0.717) is 6.04 Å². The van der Waals surface area contributed by atoms with Crippen LogP contribution < -0.4 is 14.8 Å². The fourth-order valence-electron chi connectivity index (χ4n) is 9.00. The lowest BCUT2D eigenvalue weighted by Crippen LogP contribution is -2.82. The molecule has 1 amide bonds. The zero-order valence-corrected chi connectivity index (χ0v) is 22.7. The number of benzene rings is 2. The Morgan fingerprint density at radius 1 is 1.13 bits per heavy atom. The minimum absolute atomic E-state index is 0.174. The average Bonchev–Trinajstić information content (AvgIpc) is 3.71. The van der Waals surface area contributed by atoms with Gasteiger partial charge >= 0.3 is 6.09 Å². The molecule has 2 saturated carbocycles. The normalized spacial score (nSPS) is 36.7. The van der Waals surface area contributed by atoms with Crippen molar-refractivity contribution in [2.75, 3.05) is 27.3 Å². The summed E-state index contributed by atoms with van der Waals surface area (Å²) in [5, 5.41) is 3.25.